The molecule has 2 aliphatic carbocycles. The Morgan fingerprint density at radius 1 is 1.00 bits per heavy atom. The van der Waals surface area contributed by atoms with Crippen molar-refractivity contribution in [1.82, 2.24) is 9.80 Å². The van der Waals surface area contributed by atoms with E-state index in [1.807, 2.05) is 11.9 Å². The fourth-order valence-corrected chi connectivity index (χ4v) is 5.17. The van der Waals surface area contributed by atoms with E-state index in [1.165, 1.54) is 0 Å². The Morgan fingerprint density at radius 3 is 1.91 bits per heavy atom. The molecule has 124 valence electrons. The number of Topliss-reactive ketones (excluding diaryl/α,β-unsaturated/α-hetero) is 1. The maximum atomic E-state index is 12.2. The van der Waals surface area contributed by atoms with Crippen LogP contribution in [0.2, 0.25) is 0 Å². The van der Waals surface area contributed by atoms with E-state index >= 15 is 0 Å². The molecule has 0 amide bonds. The number of likely N-dealkylation sites (N-methyl/N-ethyl adjacent to an activating group) is 1. The molecule has 0 aliphatic heterocycles. The van der Waals surface area contributed by atoms with E-state index in [0.717, 1.165) is 34.8 Å². The number of nitrogens with zero attached hydrogens (tertiary/aromatic N) is 2. The first kappa shape index (κ1) is 18.3. The first-order chi connectivity index (χ1) is 10.2. The van der Waals surface area contributed by atoms with Gasteiger partial charge >= 0.3 is 149 Å². The molecule has 0 aromatic heterocycles. The molecule has 0 radical (unpaired) electrons. The van der Waals surface area contributed by atoms with Crippen LogP contribution in [0.4, 0.5) is 0 Å². The van der Waals surface area contributed by atoms with E-state index in [1.54, 1.807) is 11.9 Å². The van der Waals surface area contributed by atoms with Crippen molar-refractivity contribution in [3.05, 3.63) is 0 Å². The van der Waals surface area contributed by atoms with Crippen molar-refractivity contribution in [2.75, 3.05) is 32.3 Å². The first-order valence-electron chi connectivity index (χ1n) is 7.41. The van der Waals surface area contributed by atoms with Gasteiger partial charge < -0.3 is 0 Å². The first-order valence-corrected chi connectivity index (χ1v) is 10.9. The van der Waals surface area contributed by atoms with Crippen LogP contribution in [0.5, 0.6) is 0 Å². The Balaban J connectivity index is 1.80. The summed E-state index contributed by atoms with van der Waals surface area (Å²) in [6.07, 6.45) is 4.53. The number of ketones is 1. The molecule has 0 heterocycles. The second kappa shape index (κ2) is 7.27. The monoisotopic (exact) mass is 458 g/mol. The van der Waals surface area contributed by atoms with Crippen molar-refractivity contribution in [2.24, 2.45) is 11.8 Å². The van der Waals surface area contributed by atoms with Crippen LogP contribution in [0.1, 0.15) is 25.7 Å². The summed E-state index contributed by atoms with van der Waals surface area (Å²) in [5, 5.41) is 0. The Hall–Kier alpha value is -0.00104. The molecule has 8 heteroatoms. The van der Waals surface area contributed by atoms with Crippen molar-refractivity contribution >= 4 is 55.9 Å². The summed E-state index contributed by atoms with van der Waals surface area (Å²) in [5.74, 6) is 0.272. The number of hydrogen-bond donors (Lipinski definition) is 0. The van der Waals surface area contributed by atoms with E-state index in [4.69, 9.17) is 0 Å². The van der Waals surface area contributed by atoms with Gasteiger partial charge in [0.15, 0.2) is 0 Å². The number of carbonyl (C=O) groups excluding carboxylic acids is 1. The zero-order chi connectivity index (χ0) is 16.5. The second-order valence-corrected chi connectivity index (χ2v) is 10.1. The van der Waals surface area contributed by atoms with Crippen LogP contribution in [-0.2, 0) is 14.6 Å². The summed E-state index contributed by atoms with van der Waals surface area (Å²) in [6.45, 7) is 0.152. The minimum atomic E-state index is -3.42. The predicted octanol–water partition coefficient (Wildman–Crippen LogP) is -0.792. The molecule has 0 aromatic rings. The molecular formula is C14H22N2O3SSe2. The molecule has 0 aromatic carbocycles. The summed E-state index contributed by atoms with van der Waals surface area (Å²) in [6, 6.07) is 0. The Morgan fingerprint density at radius 2 is 1.45 bits per heavy atom. The molecule has 0 atom stereocenters. The standard InChI is InChI=1S/C14H22N2O3SSe2/c1-15(13(21)10-3-4-10)7-12(17)8-20(18,19)9-16(2)14(22)11-5-6-11/h10-11H,3-9H2,1-2H3. The summed E-state index contributed by atoms with van der Waals surface area (Å²) < 4.78 is 26.4. The molecule has 0 saturated heterocycles. The summed E-state index contributed by atoms with van der Waals surface area (Å²) in [7, 11) is 0.179. The Labute approximate surface area is 148 Å². The van der Waals surface area contributed by atoms with Gasteiger partial charge in [-0.2, -0.15) is 0 Å². The van der Waals surface area contributed by atoms with Gasteiger partial charge in [0.25, 0.3) is 0 Å². The predicted molar refractivity (Wildman–Crippen MR) is 91.0 cm³/mol. The summed E-state index contributed by atoms with van der Waals surface area (Å²) in [5.41, 5.74) is 0. The zero-order valence-corrected chi connectivity index (χ0v) is 17.2. The van der Waals surface area contributed by atoms with E-state index in [-0.39, 0.29) is 18.2 Å². The molecule has 0 spiro atoms. The van der Waals surface area contributed by atoms with Gasteiger partial charge in [0, 0.05) is 0 Å². The van der Waals surface area contributed by atoms with Crippen molar-refractivity contribution in [3.8, 4) is 0 Å². The van der Waals surface area contributed by atoms with Crippen LogP contribution in [0.25, 0.3) is 0 Å². The van der Waals surface area contributed by atoms with Gasteiger partial charge in [0.05, 0.1) is 0 Å². The zero-order valence-electron chi connectivity index (χ0n) is 12.9. The molecule has 0 unspecified atom stereocenters. The third-order valence-electron chi connectivity index (χ3n) is 3.79. The normalized spacial score (nSPS) is 17.9. The molecule has 2 rings (SSSR count). The van der Waals surface area contributed by atoms with E-state index in [9.17, 15) is 13.2 Å². The van der Waals surface area contributed by atoms with Crippen LogP contribution in [0.15, 0.2) is 0 Å². The Bertz CT molecular complexity index is 583. The van der Waals surface area contributed by atoms with Gasteiger partial charge in [-0.3, -0.25) is 0 Å². The van der Waals surface area contributed by atoms with E-state index in [0.29, 0.717) is 11.8 Å². The van der Waals surface area contributed by atoms with Gasteiger partial charge in [-0.1, -0.05) is 0 Å². The number of rotatable bonds is 10. The maximum absolute atomic E-state index is 12.2. The third kappa shape index (κ3) is 5.57. The average Bonchev–Trinajstić information content (AvgIpc) is 3.27. The van der Waals surface area contributed by atoms with Gasteiger partial charge in [0.1, 0.15) is 0 Å². The summed E-state index contributed by atoms with van der Waals surface area (Å²) >= 11 is 5.96. The van der Waals surface area contributed by atoms with Crippen molar-refractivity contribution < 1.29 is 13.2 Å². The van der Waals surface area contributed by atoms with Crippen LogP contribution in [0.3, 0.4) is 0 Å². The van der Waals surface area contributed by atoms with Crippen LogP contribution in [0, 0.1) is 11.8 Å². The molecule has 22 heavy (non-hydrogen) atoms. The van der Waals surface area contributed by atoms with Crippen LogP contribution >= 0.6 is 0 Å². The summed E-state index contributed by atoms with van der Waals surface area (Å²) in [4.78, 5) is 15.6. The molecule has 0 N–H and O–H groups in total. The molecule has 5 nitrogen and oxygen atoms in total. The van der Waals surface area contributed by atoms with Crippen LogP contribution < -0.4 is 0 Å². The molecule has 2 fully saturated rings. The third-order valence-corrected chi connectivity index (χ3v) is 8.04. The number of carbonyl (C=O) groups is 1. The average molecular weight is 456 g/mol. The van der Waals surface area contributed by atoms with Crippen molar-refractivity contribution in [1.29, 1.82) is 0 Å². The van der Waals surface area contributed by atoms with Gasteiger partial charge in [-0.15, -0.1) is 0 Å². The molecular weight excluding hydrogens is 434 g/mol. The number of hydrogen-bond acceptors (Lipinski definition) is 5. The minimum absolute atomic E-state index is 0.0985. The van der Waals surface area contributed by atoms with Crippen molar-refractivity contribution in [2.45, 2.75) is 25.7 Å². The molecule has 2 saturated carbocycles. The SMILES string of the molecule is CN(CC(=O)CS(=O)(=O)CN(C)C(=[Se])C1CC1)C(=[Se])C1CC1. The Kier molecular flexibility index (Phi) is 6.06. The van der Waals surface area contributed by atoms with Crippen molar-refractivity contribution in [3.63, 3.8) is 0 Å². The fourth-order valence-electron chi connectivity index (χ4n) is 2.32. The topological polar surface area (TPSA) is 57.7 Å². The van der Waals surface area contributed by atoms with E-state index < -0.39 is 15.6 Å². The molecule has 2 aliphatic rings. The van der Waals surface area contributed by atoms with Gasteiger partial charge in [-0.25, -0.2) is 0 Å². The quantitative estimate of drug-likeness (QED) is 0.404. The fraction of sp³-hybridized carbons (Fsp3) is 0.786. The van der Waals surface area contributed by atoms with Gasteiger partial charge in [-0.05, 0) is 0 Å². The second-order valence-electron chi connectivity index (χ2n) is 6.33. The molecule has 0 bridgehead atoms. The van der Waals surface area contributed by atoms with E-state index in [2.05, 4.69) is 31.2 Å². The van der Waals surface area contributed by atoms with Gasteiger partial charge in [0.2, 0.25) is 0 Å². The number of sulfone groups is 1. The van der Waals surface area contributed by atoms with Crippen LogP contribution in [-0.4, -0.2) is 96.5 Å².